The van der Waals surface area contributed by atoms with Crippen molar-refractivity contribution in [3.8, 4) is 0 Å². The second-order valence-corrected chi connectivity index (χ2v) is 3.27. The molecule has 0 bridgehead atoms. The molecule has 0 aromatic heterocycles. The van der Waals surface area contributed by atoms with Crippen LogP contribution < -0.4 is 4.72 Å². The minimum atomic E-state index is -0.0592. The number of hydrogen-bond acceptors (Lipinski definition) is 2. The van der Waals surface area contributed by atoms with E-state index in [4.69, 9.17) is 34.8 Å². The Bertz CT molecular complexity index is 133. The molecule has 0 atom stereocenters. The van der Waals surface area contributed by atoms with Crippen molar-refractivity contribution in [1.82, 2.24) is 4.72 Å². The number of nitrogens with one attached hydrogen (secondary N) is 1. The van der Waals surface area contributed by atoms with E-state index in [2.05, 4.69) is 4.72 Å². The minimum absolute atomic E-state index is 0.0592. The topological polar surface area (TPSA) is 29.1 Å². The molecular weight excluding hydrogens is 204 g/mol. The highest BCUT2D eigenvalue weighted by Crippen LogP contribution is 2.25. The van der Waals surface area contributed by atoms with Crippen LogP contribution in [0.2, 0.25) is 0 Å². The lowest BCUT2D eigenvalue weighted by molar-refractivity contribution is -0.107. The van der Waals surface area contributed by atoms with Crippen LogP contribution in [-0.4, -0.2) is 6.41 Å². The number of carbonyl (C=O) groups excluding carboxylic acids is 1. The average Bonchev–Trinajstić information content (AvgIpc) is 1.82. The first-order chi connectivity index (χ1) is 4.18. The predicted molar refractivity (Wildman–Crippen MR) is 41.4 cm³/mol. The summed E-state index contributed by atoms with van der Waals surface area (Å²) in [6.07, 6.45) is 0.476. The summed E-state index contributed by atoms with van der Waals surface area (Å²) in [4.78, 5) is 9.63. The number of rotatable bonds is 3. The molecule has 0 aliphatic heterocycles. The van der Waals surface area contributed by atoms with Gasteiger partial charge in [-0.1, -0.05) is 34.8 Å². The number of amides is 1. The maximum absolute atomic E-state index is 9.63. The van der Waals surface area contributed by atoms with Crippen LogP contribution in [0.25, 0.3) is 0 Å². The maximum Gasteiger partial charge on any atom is 0.217 e. The lowest BCUT2D eigenvalue weighted by Gasteiger charge is -1.92. The van der Waals surface area contributed by atoms with E-state index < -0.39 is 0 Å². The Kier molecular flexibility index (Phi) is 5.48. The molecule has 6 heteroatoms. The SMILES string of the molecule is O=CNSC(Cl)=C(Cl)Cl. The highest BCUT2D eigenvalue weighted by Gasteiger charge is 1.96. The third-order valence-corrected chi connectivity index (χ3v) is 2.16. The lowest BCUT2D eigenvalue weighted by Crippen LogP contribution is -1.96. The van der Waals surface area contributed by atoms with Crippen molar-refractivity contribution in [2.75, 3.05) is 0 Å². The van der Waals surface area contributed by atoms with Crippen LogP contribution in [0, 0.1) is 0 Å². The molecule has 0 rings (SSSR count). The Morgan fingerprint density at radius 3 is 2.33 bits per heavy atom. The highest BCUT2D eigenvalue weighted by molar-refractivity contribution is 8.03. The molecule has 0 aromatic carbocycles. The fraction of sp³-hybridized carbons (Fsp3) is 0. The van der Waals surface area contributed by atoms with E-state index in [9.17, 15) is 4.79 Å². The zero-order valence-electron chi connectivity index (χ0n) is 4.03. The Balaban J connectivity index is 3.62. The van der Waals surface area contributed by atoms with Crippen molar-refractivity contribution in [2.45, 2.75) is 0 Å². The van der Waals surface area contributed by atoms with Gasteiger partial charge in [0, 0.05) is 11.9 Å². The van der Waals surface area contributed by atoms with E-state index in [0.29, 0.717) is 6.41 Å². The van der Waals surface area contributed by atoms with Crippen LogP contribution in [0.5, 0.6) is 0 Å². The van der Waals surface area contributed by atoms with Crippen molar-refractivity contribution in [3.05, 3.63) is 8.86 Å². The minimum Gasteiger partial charge on any atom is -0.298 e. The van der Waals surface area contributed by atoms with Gasteiger partial charge in [0.05, 0.1) is 0 Å². The van der Waals surface area contributed by atoms with Gasteiger partial charge in [0.25, 0.3) is 0 Å². The average molecular weight is 206 g/mol. The zero-order valence-corrected chi connectivity index (χ0v) is 7.11. The van der Waals surface area contributed by atoms with Crippen molar-refractivity contribution in [2.24, 2.45) is 0 Å². The van der Waals surface area contributed by atoms with E-state index in [1.54, 1.807) is 0 Å². The molecular formula is C3H2Cl3NOS. The van der Waals surface area contributed by atoms with Gasteiger partial charge in [-0.2, -0.15) is 0 Å². The first-order valence-corrected chi connectivity index (χ1v) is 3.70. The maximum atomic E-state index is 9.63. The standard InChI is InChI=1S/C3H2Cl3NOS/c4-2(5)3(6)9-7-1-8/h1H,(H,7,8). The molecule has 0 saturated carbocycles. The zero-order chi connectivity index (χ0) is 7.28. The Morgan fingerprint density at radius 1 is 1.44 bits per heavy atom. The Labute approximate surface area is 71.7 Å². The summed E-state index contributed by atoms with van der Waals surface area (Å²) in [6, 6.07) is 0. The van der Waals surface area contributed by atoms with Gasteiger partial charge in [0.15, 0.2) is 0 Å². The van der Waals surface area contributed by atoms with Crippen LogP contribution in [0.15, 0.2) is 8.86 Å². The lowest BCUT2D eigenvalue weighted by atomic mass is 11.2. The molecule has 0 fully saturated rings. The van der Waals surface area contributed by atoms with Crippen molar-refractivity contribution in [3.63, 3.8) is 0 Å². The summed E-state index contributed by atoms with van der Waals surface area (Å²) in [6.45, 7) is 0. The number of halogens is 3. The third kappa shape index (κ3) is 4.90. The molecule has 52 valence electrons. The molecule has 0 aliphatic carbocycles. The molecule has 0 aliphatic rings. The molecule has 2 nitrogen and oxygen atoms in total. The van der Waals surface area contributed by atoms with Gasteiger partial charge in [-0.15, -0.1) is 0 Å². The number of hydrogen-bond donors (Lipinski definition) is 1. The summed E-state index contributed by atoms with van der Waals surface area (Å²) in [5, 5.41) is 0. The van der Waals surface area contributed by atoms with E-state index >= 15 is 0 Å². The molecule has 0 saturated heterocycles. The summed E-state index contributed by atoms with van der Waals surface area (Å²) in [5.74, 6) is 0. The molecule has 0 radical (unpaired) electrons. The van der Waals surface area contributed by atoms with E-state index in [-0.39, 0.29) is 8.86 Å². The van der Waals surface area contributed by atoms with Crippen molar-refractivity contribution >= 4 is 53.2 Å². The fourth-order valence-corrected chi connectivity index (χ4v) is 0.708. The summed E-state index contributed by atoms with van der Waals surface area (Å²) >= 11 is 16.6. The molecule has 9 heavy (non-hydrogen) atoms. The van der Waals surface area contributed by atoms with Gasteiger partial charge in [-0.05, 0) is 0 Å². The van der Waals surface area contributed by atoms with Crippen LogP contribution >= 0.6 is 46.8 Å². The number of carbonyl (C=O) groups is 1. The summed E-state index contributed by atoms with van der Waals surface area (Å²) < 4.78 is 2.29. The fourth-order valence-electron chi connectivity index (χ4n) is 0.114. The monoisotopic (exact) mass is 205 g/mol. The Morgan fingerprint density at radius 2 is 2.00 bits per heavy atom. The van der Waals surface area contributed by atoms with E-state index in [0.717, 1.165) is 11.9 Å². The predicted octanol–water partition coefficient (Wildman–Crippen LogP) is 2.22. The molecule has 0 heterocycles. The van der Waals surface area contributed by atoms with Crippen LogP contribution in [-0.2, 0) is 4.79 Å². The Hall–Kier alpha value is 0.430. The summed E-state index contributed by atoms with van der Waals surface area (Å²) in [5.41, 5.74) is 0. The van der Waals surface area contributed by atoms with Crippen molar-refractivity contribution in [1.29, 1.82) is 0 Å². The first-order valence-electron chi connectivity index (χ1n) is 1.75. The smallest absolute Gasteiger partial charge is 0.217 e. The molecule has 0 spiro atoms. The van der Waals surface area contributed by atoms with Gasteiger partial charge in [0.2, 0.25) is 6.41 Å². The van der Waals surface area contributed by atoms with Crippen LogP contribution in [0.1, 0.15) is 0 Å². The van der Waals surface area contributed by atoms with E-state index in [1.807, 2.05) is 0 Å². The second kappa shape index (κ2) is 5.23. The molecule has 1 amide bonds. The van der Waals surface area contributed by atoms with Gasteiger partial charge in [-0.25, -0.2) is 0 Å². The quantitative estimate of drug-likeness (QED) is 0.567. The van der Waals surface area contributed by atoms with Gasteiger partial charge in [-0.3, -0.25) is 9.52 Å². The highest BCUT2D eigenvalue weighted by atomic mass is 35.5. The molecule has 1 N–H and O–H groups in total. The third-order valence-electron chi connectivity index (χ3n) is 0.345. The normalized spacial score (nSPS) is 8.33. The van der Waals surface area contributed by atoms with Crippen molar-refractivity contribution < 1.29 is 4.79 Å². The second-order valence-electron chi connectivity index (χ2n) is 0.872. The van der Waals surface area contributed by atoms with Gasteiger partial charge in [0.1, 0.15) is 8.86 Å². The van der Waals surface area contributed by atoms with Gasteiger partial charge < -0.3 is 0 Å². The van der Waals surface area contributed by atoms with Gasteiger partial charge >= 0.3 is 0 Å². The molecule has 0 unspecified atom stereocenters. The van der Waals surface area contributed by atoms with Crippen LogP contribution in [0.4, 0.5) is 0 Å². The first kappa shape index (κ1) is 9.43. The largest absolute Gasteiger partial charge is 0.298 e. The van der Waals surface area contributed by atoms with Crippen LogP contribution in [0.3, 0.4) is 0 Å². The summed E-state index contributed by atoms with van der Waals surface area (Å²) in [7, 11) is 0. The van der Waals surface area contributed by atoms with E-state index in [1.165, 1.54) is 0 Å². The molecule has 0 aromatic rings.